The first kappa shape index (κ1) is 20.7. The van der Waals surface area contributed by atoms with Crippen LogP contribution in [0.4, 0.5) is 0 Å². The number of hydrogen-bond acceptors (Lipinski definition) is 3. The van der Waals surface area contributed by atoms with Crippen molar-refractivity contribution in [2.75, 3.05) is 26.2 Å². The fourth-order valence-corrected chi connectivity index (χ4v) is 5.36. The van der Waals surface area contributed by atoms with Crippen LogP contribution in [0.15, 0.2) is 54.9 Å². The summed E-state index contributed by atoms with van der Waals surface area (Å²) in [5.74, 6) is 1.44. The normalized spacial score (nSPS) is 21.7. The van der Waals surface area contributed by atoms with E-state index in [2.05, 4.69) is 9.55 Å². The summed E-state index contributed by atoms with van der Waals surface area (Å²) in [6.07, 6.45) is 7.56. The van der Waals surface area contributed by atoms with Gasteiger partial charge in [-0.25, -0.2) is 4.98 Å². The molecule has 2 atom stereocenters. The van der Waals surface area contributed by atoms with E-state index in [1.54, 1.807) is 0 Å². The Labute approximate surface area is 188 Å². The molecule has 0 radical (unpaired) electrons. The number of benzene rings is 2. The van der Waals surface area contributed by atoms with Crippen LogP contribution in [0.1, 0.15) is 47.8 Å². The maximum atomic E-state index is 13.4. The van der Waals surface area contributed by atoms with Gasteiger partial charge in [0.25, 0.3) is 5.91 Å². The Balaban J connectivity index is 1.30. The van der Waals surface area contributed by atoms with Crippen molar-refractivity contribution in [2.24, 2.45) is 13.0 Å². The van der Waals surface area contributed by atoms with E-state index in [1.807, 2.05) is 71.7 Å². The van der Waals surface area contributed by atoms with Crippen molar-refractivity contribution >= 4 is 22.6 Å². The lowest BCUT2D eigenvalue weighted by Gasteiger charge is -2.38. The van der Waals surface area contributed by atoms with Crippen LogP contribution in [0.2, 0.25) is 0 Å². The highest BCUT2D eigenvalue weighted by Crippen LogP contribution is 2.29. The van der Waals surface area contributed by atoms with E-state index < -0.39 is 0 Å². The number of hydrogen-bond donors (Lipinski definition) is 0. The second-order valence-corrected chi connectivity index (χ2v) is 9.14. The third kappa shape index (κ3) is 3.90. The largest absolute Gasteiger partial charge is 0.342 e. The molecule has 2 saturated heterocycles. The average molecular weight is 431 g/mol. The summed E-state index contributed by atoms with van der Waals surface area (Å²) in [4.78, 5) is 35.2. The van der Waals surface area contributed by atoms with Crippen molar-refractivity contribution in [1.82, 2.24) is 19.4 Å². The van der Waals surface area contributed by atoms with E-state index in [4.69, 9.17) is 0 Å². The Morgan fingerprint density at radius 1 is 0.938 bits per heavy atom. The van der Waals surface area contributed by atoms with Crippen molar-refractivity contribution in [3.05, 3.63) is 66.2 Å². The molecule has 6 nitrogen and oxygen atoms in total. The standard InChI is InChI=1S/C26H30N4O2/c1-28-16-13-27-24(28)20-9-5-14-29(17-20)25(31)21-10-6-15-30(18-21)26(32)23-12-4-8-19-7-2-3-11-22(19)23/h2-4,7-8,11-13,16,20-21H,5-6,9-10,14-15,17-18H2,1H3. The van der Waals surface area contributed by atoms with Crippen LogP contribution >= 0.6 is 0 Å². The number of imidazole rings is 1. The molecule has 1 aromatic heterocycles. The second kappa shape index (κ2) is 8.77. The maximum absolute atomic E-state index is 13.4. The molecule has 3 heterocycles. The molecule has 0 saturated carbocycles. The SMILES string of the molecule is Cn1ccnc1C1CCCN(C(=O)C2CCCN(C(=O)c3cccc4ccccc34)C2)C1. The van der Waals surface area contributed by atoms with Crippen molar-refractivity contribution in [3.63, 3.8) is 0 Å². The quantitative estimate of drug-likeness (QED) is 0.635. The molecule has 2 unspecified atom stereocenters. The van der Waals surface area contributed by atoms with E-state index >= 15 is 0 Å². The van der Waals surface area contributed by atoms with Gasteiger partial charge in [0, 0.05) is 57.1 Å². The van der Waals surface area contributed by atoms with Gasteiger partial charge in [-0.15, -0.1) is 0 Å². The third-order valence-corrected chi connectivity index (χ3v) is 7.03. The Bertz CT molecular complexity index is 1130. The molecule has 32 heavy (non-hydrogen) atoms. The average Bonchev–Trinajstić information content (AvgIpc) is 3.28. The second-order valence-electron chi connectivity index (χ2n) is 9.14. The first-order valence-corrected chi connectivity index (χ1v) is 11.6. The highest BCUT2D eigenvalue weighted by Gasteiger charge is 2.34. The van der Waals surface area contributed by atoms with Gasteiger partial charge in [-0.3, -0.25) is 9.59 Å². The number of likely N-dealkylation sites (tertiary alicyclic amines) is 2. The molecule has 0 spiro atoms. The zero-order chi connectivity index (χ0) is 22.1. The molecular weight excluding hydrogens is 400 g/mol. The van der Waals surface area contributed by atoms with Gasteiger partial charge in [-0.1, -0.05) is 36.4 Å². The zero-order valence-electron chi connectivity index (χ0n) is 18.6. The van der Waals surface area contributed by atoms with E-state index in [9.17, 15) is 9.59 Å². The lowest BCUT2D eigenvalue weighted by molar-refractivity contribution is -0.138. The summed E-state index contributed by atoms with van der Waals surface area (Å²) in [5.41, 5.74) is 0.726. The number of fused-ring (bicyclic) bond motifs is 1. The Hall–Kier alpha value is -3.15. The highest BCUT2D eigenvalue weighted by molar-refractivity contribution is 6.07. The van der Waals surface area contributed by atoms with Crippen molar-refractivity contribution in [3.8, 4) is 0 Å². The summed E-state index contributed by atoms with van der Waals surface area (Å²) >= 11 is 0. The predicted octanol–water partition coefficient (Wildman–Crippen LogP) is 3.83. The van der Waals surface area contributed by atoms with Crippen LogP contribution in [-0.2, 0) is 11.8 Å². The summed E-state index contributed by atoms with van der Waals surface area (Å²) in [7, 11) is 2.01. The van der Waals surface area contributed by atoms with Crippen LogP contribution in [0.25, 0.3) is 10.8 Å². The molecule has 5 rings (SSSR count). The lowest BCUT2D eigenvalue weighted by Crippen LogP contribution is -2.49. The minimum Gasteiger partial charge on any atom is -0.342 e. The van der Waals surface area contributed by atoms with E-state index in [-0.39, 0.29) is 23.7 Å². The number of rotatable bonds is 3. The Kier molecular flexibility index (Phi) is 5.68. The smallest absolute Gasteiger partial charge is 0.254 e. The molecule has 2 aliphatic heterocycles. The molecule has 0 aliphatic carbocycles. The molecule has 2 fully saturated rings. The molecule has 3 aromatic rings. The van der Waals surface area contributed by atoms with Crippen LogP contribution in [0.5, 0.6) is 0 Å². The van der Waals surface area contributed by atoms with Gasteiger partial charge in [-0.2, -0.15) is 0 Å². The van der Waals surface area contributed by atoms with Gasteiger partial charge in [0.05, 0.1) is 5.92 Å². The maximum Gasteiger partial charge on any atom is 0.254 e. The number of carbonyl (C=O) groups is 2. The minimum absolute atomic E-state index is 0.0313. The number of nitrogens with zero attached hydrogens (tertiary/aromatic N) is 4. The zero-order valence-corrected chi connectivity index (χ0v) is 18.6. The van der Waals surface area contributed by atoms with Crippen molar-refractivity contribution in [2.45, 2.75) is 31.6 Å². The molecule has 6 heteroatoms. The topological polar surface area (TPSA) is 58.4 Å². The van der Waals surface area contributed by atoms with Gasteiger partial charge in [-0.05, 0) is 42.5 Å². The monoisotopic (exact) mass is 430 g/mol. The van der Waals surface area contributed by atoms with Crippen LogP contribution in [0.3, 0.4) is 0 Å². The number of piperidine rings is 2. The fourth-order valence-electron chi connectivity index (χ4n) is 5.36. The van der Waals surface area contributed by atoms with Gasteiger partial charge >= 0.3 is 0 Å². The summed E-state index contributed by atoms with van der Waals surface area (Å²) in [5, 5.41) is 2.04. The Morgan fingerprint density at radius 3 is 2.56 bits per heavy atom. The minimum atomic E-state index is -0.122. The molecular formula is C26H30N4O2. The molecule has 166 valence electrons. The highest BCUT2D eigenvalue weighted by atomic mass is 16.2. The Morgan fingerprint density at radius 2 is 1.72 bits per heavy atom. The molecule has 0 N–H and O–H groups in total. The number of aromatic nitrogens is 2. The molecule has 0 bridgehead atoms. The van der Waals surface area contributed by atoms with E-state index in [0.717, 1.165) is 60.9 Å². The first-order chi connectivity index (χ1) is 15.6. The summed E-state index contributed by atoms with van der Waals surface area (Å²) < 4.78 is 2.06. The molecule has 2 amide bonds. The summed E-state index contributed by atoms with van der Waals surface area (Å²) in [6.45, 7) is 2.73. The first-order valence-electron chi connectivity index (χ1n) is 11.6. The van der Waals surface area contributed by atoms with Crippen molar-refractivity contribution < 1.29 is 9.59 Å². The van der Waals surface area contributed by atoms with Crippen LogP contribution in [0, 0.1) is 5.92 Å². The van der Waals surface area contributed by atoms with Crippen LogP contribution in [-0.4, -0.2) is 57.3 Å². The third-order valence-electron chi connectivity index (χ3n) is 7.03. The number of amides is 2. The van der Waals surface area contributed by atoms with Gasteiger partial charge in [0.15, 0.2) is 0 Å². The van der Waals surface area contributed by atoms with Gasteiger partial charge in [0.2, 0.25) is 5.91 Å². The molecule has 2 aliphatic rings. The lowest BCUT2D eigenvalue weighted by atomic mass is 9.92. The molecule has 2 aromatic carbocycles. The summed E-state index contributed by atoms with van der Waals surface area (Å²) in [6, 6.07) is 13.9. The van der Waals surface area contributed by atoms with Crippen LogP contribution < -0.4 is 0 Å². The van der Waals surface area contributed by atoms with E-state index in [1.165, 1.54) is 0 Å². The fraction of sp³-hybridized carbons (Fsp3) is 0.423. The predicted molar refractivity (Wildman–Crippen MR) is 124 cm³/mol. The van der Waals surface area contributed by atoms with E-state index in [0.29, 0.717) is 13.1 Å². The van der Waals surface area contributed by atoms with Gasteiger partial charge < -0.3 is 14.4 Å². The number of carbonyl (C=O) groups excluding carboxylic acids is 2. The van der Waals surface area contributed by atoms with Crippen molar-refractivity contribution in [1.29, 1.82) is 0 Å². The number of aryl methyl sites for hydroxylation is 1. The van der Waals surface area contributed by atoms with Gasteiger partial charge in [0.1, 0.15) is 5.82 Å².